The van der Waals surface area contributed by atoms with Crippen LogP contribution in [0.3, 0.4) is 0 Å². The summed E-state index contributed by atoms with van der Waals surface area (Å²) in [4.78, 5) is 11.8. The second-order valence-corrected chi connectivity index (χ2v) is 4.68. The van der Waals surface area contributed by atoms with E-state index < -0.39 is 0 Å². The molecule has 0 aliphatic heterocycles. The Morgan fingerprint density at radius 2 is 1.85 bits per heavy atom. The summed E-state index contributed by atoms with van der Waals surface area (Å²) < 4.78 is 13.4. The van der Waals surface area contributed by atoms with Gasteiger partial charge in [0.15, 0.2) is 0 Å². The first-order valence-corrected chi connectivity index (χ1v) is 6.42. The molecule has 104 valence electrons. The molecule has 0 saturated heterocycles. The van der Waals surface area contributed by atoms with Crippen LogP contribution in [-0.2, 0) is 4.79 Å². The van der Waals surface area contributed by atoms with E-state index in [0.29, 0.717) is 11.3 Å². The summed E-state index contributed by atoms with van der Waals surface area (Å²) in [5.41, 5.74) is 3.00. The van der Waals surface area contributed by atoms with E-state index in [2.05, 4.69) is 10.6 Å². The van der Waals surface area contributed by atoms with Crippen LogP contribution >= 0.6 is 0 Å². The first-order chi connectivity index (χ1) is 9.56. The molecule has 1 amide bonds. The molecule has 0 aliphatic carbocycles. The van der Waals surface area contributed by atoms with E-state index in [1.165, 1.54) is 6.07 Å². The van der Waals surface area contributed by atoms with Crippen molar-refractivity contribution in [2.24, 2.45) is 0 Å². The fourth-order valence-corrected chi connectivity index (χ4v) is 1.82. The Bertz CT molecular complexity index is 626. The molecule has 0 spiro atoms. The number of hydrogen-bond donors (Lipinski definition) is 2. The van der Waals surface area contributed by atoms with Crippen LogP contribution in [0.15, 0.2) is 42.5 Å². The maximum absolute atomic E-state index is 13.4. The predicted octanol–water partition coefficient (Wildman–Crippen LogP) is 3.49. The highest BCUT2D eigenvalue weighted by Crippen LogP contribution is 2.14. The Balaban J connectivity index is 1.93. The Kier molecular flexibility index (Phi) is 4.35. The van der Waals surface area contributed by atoms with Gasteiger partial charge < -0.3 is 10.6 Å². The van der Waals surface area contributed by atoms with E-state index >= 15 is 0 Å². The van der Waals surface area contributed by atoms with Crippen LogP contribution in [-0.4, -0.2) is 12.5 Å². The molecular formula is C16H17FN2O. The van der Waals surface area contributed by atoms with Crippen molar-refractivity contribution < 1.29 is 9.18 Å². The molecule has 20 heavy (non-hydrogen) atoms. The van der Waals surface area contributed by atoms with Crippen LogP contribution in [0.25, 0.3) is 0 Å². The number of para-hydroxylation sites is 1. The number of benzene rings is 2. The fourth-order valence-electron chi connectivity index (χ4n) is 1.82. The van der Waals surface area contributed by atoms with E-state index in [1.807, 2.05) is 31.2 Å². The summed E-state index contributed by atoms with van der Waals surface area (Å²) in [6.45, 7) is 3.79. The van der Waals surface area contributed by atoms with Gasteiger partial charge in [0.1, 0.15) is 5.82 Å². The Hall–Kier alpha value is -2.36. The van der Waals surface area contributed by atoms with Gasteiger partial charge in [-0.25, -0.2) is 4.39 Å². The maximum Gasteiger partial charge on any atom is 0.243 e. The summed E-state index contributed by atoms with van der Waals surface area (Å²) in [6, 6.07) is 12.4. The van der Waals surface area contributed by atoms with E-state index in [4.69, 9.17) is 0 Å². The lowest BCUT2D eigenvalue weighted by molar-refractivity contribution is -0.114. The van der Waals surface area contributed by atoms with Crippen LogP contribution in [0.2, 0.25) is 0 Å². The molecule has 0 fully saturated rings. The second kappa shape index (κ2) is 6.19. The third kappa shape index (κ3) is 3.57. The van der Waals surface area contributed by atoms with Crippen molar-refractivity contribution >= 4 is 17.3 Å². The zero-order valence-corrected chi connectivity index (χ0v) is 11.5. The lowest BCUT2D eigenvalue weighted by Crippen LogP contribution is -2.22. The minimum absolute atomic E-state index is 0.139. The van der Waals surface area contributed by atoms with Gasteiger partial charge in [-0.15, -0.1) is 0 Å². The van der Waals surface area contributed by atoms with Gasteiger partial charge in [0.25, 0.3) is 0 Å². The van der Waals surface area contributed by atoms with E-state index in [1.54, 1.807) is 19.1 Å². The highest BCUT2D eigenvalue weighted by atomic mass is 19.1. The normalized spacial score (nSPS) is 10.2. The highest BCUT2D eigenvalue weighted by Gasteiger charge is 2.05. The average molecular weight is 272 g/mol. The van der Waals surface area contributed by atoms with E-state index in [9.17, 15) is 9.18 Å². The molecule has 2 aromatic rings. The van der Waals surface area contributed by atoms with Crippen LogP contribution in [0.4, 0.5) is 15.8 Å². The van der Waals surface area contributed by atoms with Crippen molar-refractivity contribution in [1.29, 1.82) is 0 Å². The van der Waals surface area contributed by atoms with E-state index in [-0.39, 0.29) is 18.3 Å². The quantitative estimate of drug-likeness (QED) is 0.894. The molecule has 0 saturated carbocycles. The SMILES string of the molecule is Cc1ccc(NC(=O)CNc2ccccc2C)cc1F. The number of nitrogens with one attached hydrogen (secondary N) is 2. The zero-order chi connectivity index (χ0) is 14.5. The van der Waals surface area contributed by atoms with Gasteiger partial charge in [-0.05, 0) is 43.2 Å². The minimum Gasteiger partial charge on any atom is -0.376 e. The second-order valence-electron chi connectivity index (χ2n) is 4.68. The summed E-state index contributed by atoms with van der Waals surface area (Å²) in [6.07, 6.45) is 0. The Morgan fingerprint density at radius 1 is 1.10 bits per heavy atom. The molecule has 0 bridgehead atoms. The van der Waals surface area contributed by atoms with Gasteiger partial charge in [-0.1, -0.05) is 24.3 Å². The molecule has 2 N–H and O–H groups in total. The van der Waals surface area contributed by atoms with Crippen molar-refractivity contribution in [3.8, 4) is 0 Å². The Labute approximate surface area is 117 Å². The number of rotatable bonds is 4. The van der Waals surface area contributed by atoms with Crippen LogP contribution in [0.5, 0.6) is 0 Å². The first-order valence-electron chi connectivity index (χ1n) is 6.42. The molecule has 3 nitrogen and oxygen atoms in total. The molecule has 0 aromatic heterocycles. The Morgan fingerprint density at radius 3 is 2.55 bits per heavy atom. The van der Waals surface area contributed by atoms with Gasteiger partial charge in [0.2, 0.25) is 5.91 Å². The molecule has 4 heteroatoms. The monoisotopic (exact) mass is 272 g/mol. The largest absolute Gasteiger partial charge is 0.376 e. The van der Waals surface area contributed by atoms with Crippen molar-refractivity contribution in [1.82, 2.24) is 0 Å². The molecule has 0 atom stereocenters. The van der Waals surface area contributed by atoms with Gasteiger partial charge in [0.05, 0.1) is 6.54 Å². The molecule has 0 unspecified atom stereocenters. The first kappa shape index (κ1) is 14.1. The zero-order valence-electron chi connectivity index (χ0n) is 11.5. The number of anilines is 2. The topological polar surface area (TPSA) is 41.1 Å². The number of halogens is 1. The van der Waals surface area contributed by atoms with Gasteiger partial charge in [0, 0.05) is 11.4 Å². The molecule has 2 rings (SSSR count). The lowest BCUT2D eigenvalue weighted by Gasteiger charge is -2.10. The van der Waals surface area contributed by atoms with Crippen LogP contribution in [0.1, 0.15) is 11.1 Å². The average Bonchev–Trinajstić information content (AvgIpc) is 2.42. The summed E-state index contributed by atoms with van der Waals surface area (Å²) in [7, 11) is 0. The number of carbonyl (C=O) groups excluding carboxylic acids is 1. The van der Waals surface area contributed by atoms with E-state index in [0.717, 1.165) is 11.3 Å². The summed E-state index contributed by atoms with van der Waals surface area (Å²) in [5, 5.41) is 5.71. The number of carbonyl (C=O) groups is 1. The number of hydrogen-bond acceptors (Lipinski definition) is 2. The minimum atomic E-state index is -0.324. The fraction of sp³-hybridized carbons (Fsp3) is 0.188. The standard InChI is InChI=1S/C16H17FN2O/c1-11-7-8-13(9-14(11)17)19-16(20)10-18-15-6-4-3-5-12(15)2/h3-9,18H,10H2,1-2H3,(H,19,20). The molecule has 0 aliphatic rings. The van der Waals surface area contributed by atoms with Crippen molar-refractivity contribution in [2.75, 3.05) is 17.2 Å². The smallest absolute Gasteiger partial charge is 0.243 e. The van der Waals surface area contributed by atoms with Crippen LogP contribution < -0.4 is 10.6 Å². The highest BCUT2D eigenvalue weighted by molar-refractivity contribution is 5.93. The summed E-state index contributed by atoms with van der Waals surface area (Å²) in [5.74, 6) is -0.536. The molecule has 2 aromatic carbocycles. The number of aryl methyl sites for hydroxylation is 2. The van der Waals surface area contributed by atoms with Crippen molar-refractivity contribution in [3.63, 3.8) is 0 Å². The third-order valence-electron chi connectivity index (χ3n) is 3.04. The number of amides is 1. The molecule has 0 heterocycles. The maximum atomic E-state index is 13.4. The summed E-state index contributed by atoms with van der Waals surface area (Å²) >= 11 is 0. The van der Waals surface area contributed by atoms with Gasteiger partial charge >= 0.3 is 0 Å². The van der Waals surface area contributed by atoms with Crippen molar-refractivity contribution in [3.05, 3.63) is 59.4 Å². The van der Waals surface area contributed by atoms with Crippen LogP contribution in [0, 0.1) is 19.7 Å². The van der Waals surface area contributed by atoms with Gasteiger partial charge in [-0.2, -0.15) is 0 Å². The third-order valence-corrected chi connectivity index (χ3v) is 3.04. The van der Waals surface area contributed by atoms with Gasteiger partial charge in [-0.3, -0.25) is 4.79 Å². The molecular weight excluding hydrogens is 255 g/mol. The lowest BCUT2D eigenvalue weighted by atomic mass is 10.2. The molecule has 0 radical (unpaired) electrons. The van der Waals surface area contributed by atoms with Crippen molar-refractivity contribution in [2.45, 2.75) is 13.8 Å². The predicted molar refractivity (Wildman–Crippen MR) is 79.4 cm³/mol.